The second-order valence-corrected chi connectivity index (χ2v) is 5.04. The molecule has 0 aliphatic carbocycles. The molecule has 2 nitrogen and oxygen atoms in total. The first-order chi connectivity index (χ1) is 8.51. The van der Waals surface area contributed by atoms with Gasteiger partial charge in [-0.25, -0.2) is 0 Å². The molecule has 0 amide bonds. The van der Waals surface area contributed by atoms with Gasteiger partial charge in [-0.05, 0) is 33.7 Å². The van der Waals surface area contributed by atoms with Gasteiger partial charge in [-0.2, -0.15) is 0 Å². The van der Waals surface area contributed by atoms with E-state index in [1.807, 2.05) is 38.1 Å². The molecule has 1 aromatic rings. The Hall–Kier alpha value is -1.15. The van der Waals surface area contributed by atoms with Gasteiger partial charge in [-0.3, -0.25) is 9.69 Å². The predicted molar refractivity (Wildman–Crippen MR) is 77.1 cm³/mol. The molecule has 1 aromatic carbocycles. The lowest BCUT2D eigenvalue weighted by Crippen LogP contribution is -2.42. The van der Waals surface area contributed by atoms with Gasteiger partial charge >= 0.3 is 0 Å². The molecule has 0 spiro atoms. The Morgan fingerprint density at radius 2 is 1.67 bits per heavy atom. The lowest BCUT2D eigenvalue weighted by molar-refractivity contribution is 0.0808. The molecule has 0 radical (unpaired) electrons. The van der Waals surface area contributed by atoms with Crippen LogP contribution in [-0.2, 0) is 0 Å². The number of aryl methyl sites for hydroxylation is 1. The number of hydrogen-bond donors (Lipinski definition) is 0. The highest BCUT2D eigenvalue weighted by molar-refractivity contribution is 5.99. The van der Waals surface area contributed by atoms with Crippen LogP contribution >= 0.6 is 0 Å². The fourth-order valence-corrected chi connectivity index (χ4v) is 2.32. The summed E-state index contributed by atoms with van der Waals surface area (Å²) in [7, 11) is 2.05. The number of hydrogen-bond acceptors (Lipinski definition) is 2. The average Bonchev–Trinajstić information content (AvgIpc) is 2.39. The van der Waals surface area contributed by atoms with Crippen LogP contribution in [0.5, 0.6) is 0 Å². The van der Waals surface area contributed by atoms with E-state index in [1.54, 1.807) is 0 Å². The maximum Gasteiger partial charge on any atom is 0.179 e. The van der Waals surface area contributed by atoms with Gasteiger partial charge < -0.3 is 0 Å². The third-order valence-corrected chi connectivity index (χ3v) is 3.84. The van der Waals surface area contributed by atoms with Crippen molar-refractivity contribution in [3.8, 4) is 0 Å². The summed E-state index contributed by atoms with van der Waals surface area (Å²) in [4.78, 5) is 14.6. The summed E-state index contributed by atoms with van der Waals surface area (Å²) in [5, 5.41) is 0. The quantitative estimate of drug-likeness (QED) is 0.715. The van der Waals surface area contributed by atoms with Crippen LogP contribution in [0.4, 0.5) is 0 Å². The minimum absolute atomic E-state index is 0.0578. The molecule has 1 atom stereocenters. The van der Waals surface area contributed by atoms with E-state index in [0.717, 1.165) is 18.4 Å². The molecule has 0 aromatic heterocycles. The van der Waals surface area contributed by atoms with Gasteiger partial charge in [0.15, 0.2) is 5.78 Å². The number of nitrogens with zero attached hydrogens (tertiary/aromatic N) is 1. The van der Waals surface area contributed by atoms with Crippen LogP contribution in [0.25, 0.3) is 0 Å². The summed E-state index contributed by atoms with van der Waals surface area (Å²) in [5.74, 6) is 0.212. The molecule has 2 heteroatoms. The van der Waals surface area contributed by atoms with Crippen molar-refractivity contribution in [3.05, 3.63) is 35.4 Å². The minimum Gasteiger partial charge on any atom is -0.294 e. The first-order valence-electron chi connectivity index (χ1n) is 6.84. The number of likely N-dealkylation sites (N-methyl/N-ethyl adjacent to an activating group) is 1. The average molecular weight is 247 g/mol. The van der Waals surface area contributed by atoms with Crippen molar-refractivity contribution in [1.82, 2.24) is 4.90 Å². The predicted octanol–water partition coefficient (Wildman–Crippen LogP) is 3.69. The standard InChI is InChI=1S/C16H25NO/c1-6-15(7-2)17(5)13(4)16(18)14-10-8-12(3)9-11-14/h8-11,13,15H,6-7H2,1-5H3. The zero-order valence-electron chi connectivity index (χ0n) is 12.2. The normalized spacial score (nSPS) is 13.1. The lowest BCUT2D eigenvalue weighted by atomic mass is 10.0. The number of rotatable bonds is 6. The van der Waals surface area contributed by atoms with Crippen molar-refractivity contribution < 1.29 is 4.79 Å². The first kappa shape index (κ1) is 14.9. The SMILES string of the molecule is CCC(CC)N(C)C(C)C(=O)c1ccc(C)cc1. The van der Waals surface area contributed by atoms with Crippen molar-refractivity contribution in [3.63, 3.8) is 0 Å². The van der Waals surface area contributed by atoms with E-state index >= 15 is 0 Å². The van der Waals surface area contributed by atoms with Gasteiger partial charge in [0, 0.05) is 11.6 Å². The zero-order chi connectivity index (χ0) is 13.7. The highest BCUT2D eigenvalue weighted by Gasteiger charge is 2.23. The fourth-order valence-electron chi connectivity index (χ4n) is 2.32. The Kier molecular flexibility index (Phi) is 5.54. The maximum atomic E-state index is 12.4. The van der Waals surface area contributed by atoms with Crippen LogP contribution in [0, 0.1) is 6.92 Å². The van der Waals surface area contributed by atoms with E-state index in [-0.39, 0.29) is 11.8 Å². The van der Waals surface area contributed by atoms with Gasteiger partial charge in [0.25, 0.3) is 0 Å². The van der Waals surface area contributed by atoms with Crippen molar-refractivity contribution in [2.24, 2.45) is 0 Å². The molecular weight excluding hydrogens is 222 g/mol. The third kappa shape index (κ3) is 3.42. The van der Waals surface area contributed by atoms with Crippen LogP contribution in [0.15, 0.2) is 24.3 Å². The van der Waals surface area contributed by atoms with Crippen LogP contribution in [0.3, 0.4) is 0 Å². The van der Waals surface area contributed by atoms with Gasteiger partial charge in [0.2, 0.25) is 0 Å². The van der Waals surface area contributed by atoms with E-state index in [2.05, 4.69) is 25.8 Å². The molecule has 0 N–H and O–H groups in total. The van der Waals surface area contributed by atoms with Crippen LogP contribution in [0.2, 0.25) is 0 Å². The highest BCUT2D eigenvalue weighted by Crippen LogP contribution is 2.14. The molecule has 0 heterocycles. The number of ketones is 1. The molecule has 0 bridgehead atoms. The van der Waals surface area contributed by atoms with E-state index < -0.39 is 0 Å². The van der Waals surface area contributed by atoms with Crippen molar-refractivity contribution in [2.45, 2.75) is 52.6 Å². The number of benzene rings is 1. The molecule has 0 saturated carbocycles. The Balaban J connectivity index is 2.80. The highest BCUT2D eigenvalue weighted by atomic mass is 16.1. The second kappa shape index (κ2) is 6.69. The van der Waals surface area contributed by atoms with E-state index in [4.69, 9.17) is 0 Å². The van der Waals surface area contributed by atoms with Crippen molar-refractivity contribution >= 4 is 5.78 Å². The van der Waals surface area contributed by atoms with E-state index in [1.165, 1.54) is 5.56 Å². The van der Waals surface area contributed by atoms with Gasteiger partial charge in [-0.1, -0.05) is 43.7 Å². The number of Topliss-reactive ketones (excluding diaryl/α,β-unsaturated/α-hetero) is 1. The molecule has 100 valence electrons. The maximum absolute atomic E-state index is 12.4. The van der Waals surface area contributed by atoms with Crippen LogP contribution in [-0.4, -0.2) is 29.8 Å². The summed E-state index contributed by atoms with van der Waals surface area (Å²) in [6, 6.07) is 8.27. The zero-order valence-corrected chi connectivity index (χ0v) is 12.2. The molecular formula is C16H25NO. The van der Waals surface area contributed by atoms with E-state index in [0.29, 0.717) is 6.04 Å². The van der Waals surface area contributed by atoms with Crippen LogP contribution in [0.1, 0.15) is 49.5 Å². The summed E-state index contributed by atoms with van der Waals surface area (Å²) in [6.45, 7) is 8.38. The molecule has 1 rings (SSSR count). The van der Waals surface area contributed by atoms with E-state index in [9.17, 15) is 4.79 Å². The molecule has 0 saturated heterocycles. The summed E-state index contributed by atoms with van der Waals surface area (Å²) in [5.41, 5.74) is 2.00. The topological polar surface area (TPSA) is 20.3 Å². The second-order valence-electron chi connectivity index (χ2n) is 5.04. The summed E-state index contributed by atoms with van der Waals surface area (Å²) < 4.78 is 0. The number of carbonyl (C=O) groups is 1. The molecule has 18 heavy (non-hydrogen) atoms. The Bertz CT molecular complexity index is 379. The van der Waals surface area contributed by atoms with Gasteiger partial charge in [0.05, 0.1) is 6.04 Å². The largest absolute Gasteiger partial charge is 0.294 e. The lowest BCUT2D eigenvalue weighted by Gasteiger charge is -2.31. The van der Waals surface area contributed by atoms with Crippen molar-refractivity contribution in [1.29, 1.82) is 0 Å². The van der Waals surface area contributed by atoms with Crippen LogP contribution < -0.4 is 0 Å². The summed E-state index contributed by atoms with van der Waals surface area (Å²) in [6.07, 6.45) is 2.16. The Labute approximate surface area is 111 Å². The number of carbonyl (C=O) groups excluding carboxylic acids is 1. The molecule has 1 unspecified atom stereocenters. The summed E-state index contributed by atoms with van der Waals surface area (Å²) >= 11 is 0. The van der Waals surface area contributed by atoms with Crippen molar-refractivity contribution in [2.75, 3.05) is 7.05 Å². The Morgan fingerprint density at radius 3 is 2.11 bits per heavy atom. The Morgan fingerprint density at radius 1 is 1.17 bits per heavy atom. The minimum atomic E-state index is -0.0578. The molecule has 0 aliphatic rings. The molecule has 0 fully saturated rings. The smallest absolute Gasteiger partial charge is 0.179 e. The first-order valence-corrected chi connectivity index (χ1v) is 6.84. The van der Waals surface area contributed by atoms with Gasteiger partial charge in [0.1, 0.15) is 0 Å². The molecule has 0 aliphatic heterocycles. The fraction of sp³-hybridized carbons (Fsp3) is 0.562. The third-order valence-electron chi connectivity index (χ3n) is 3.84. The van der Waals surface area contributed by atoms with Gasteiger partial charge in [-0.15, -0.1) is 0 Å². The monoisotopic (exact) mass is 247 g/mol.